The van der Waals surface area contributed by atoms with Crippen LogP contribution in [0.25, 0.3) is 11.3 Å². The van der Waals surface area contributed by atoms with E-state index in [1.165, 1.54) is 6.26 Å². The zero-order valence-electron chi connectivity index (χ0n) is 14.3. The predicted molar refractivity (Wildman–Crippen MR) is 102 cm³/mol. The summed E-state index contributed by atoms with van der Waals surface area (Å²) in [7, 11) is -3.19. The first-order chi connectivity index (χ1) is 12.4. The monoisotopic (exact) mass is 389 g/mol. The number of amides is 1. The van der Waals surface area contributed by atoms with Crippen LogP contribution >= 0.6 is 11.3 Å². The molecule has 0 bridgehead atoms. The summed E-state index contributed by atoms with van der Waals surface area (Å²) in [6.45, 7) is 0.343. The van der Waals surface area contributed by atoms with Crippen molar-refractivity contribution in [3.63, 3.8) is 0 Å². The summed E-state index contributed by atoms with van der Waals surface area (Å²) in [5.74, 6) is 1.42. The van der Waals surface area contributed by atoms with E-state index in [9.17, 15) is 13.2 Å². The molecule has 1 N–H and O–H groups in total. The Labute approximate surface area is 156 Å². The van der Waals surface area contributed by atoms with Crippen LogP contribution in [0.3, 0.4) is 0 Å². The number of rotatable bonds is 7. The summed E-state index contributed by atoms with van der Waals surface area (Å²) >= 11 is 1.61. The van der Waals surface area contributed by atoms with Crippen molar-refractivity contribution in [1.29, 1.82) is 0 Å². The summed E-state index contributed by atoms with van der Waals surface area (Å²) in [6, 6.07) is 12.4. The number of hydrogen-bond acceptors (Lipinski definition) is 5. The molecule has 0 saturated carbocycles. The van der Waals surface area contributed by atoms with Gasteiger partial charge in [0.2, 0.25) is 5.91 Å². The second-order valence-corrected chi connectivity index (χ2v) is 8.77. The Morgan fingerprint density at radius 3 is 2.54 bits per heavy atom. The number of thiophene rings is 1. The fourth-order valence-corrected chi connectivity index (χ4v) is 3.74. The molecular weight excluding hydrogens is 370 g/mol. The predicted octanol–water partition coefficient (Wildman–Crippen LogP) is 3.66. The van der Waals surface area contributed by atoms with Crippen molar-refractivity contribution in [3.05, 3.63) is 64.5 Å². The number of aryl methyl sites for hydroxylation is 1. The van der Waals surface area contributed by atoms with Gasteiger partial charge in [-0.15, -0.1) is 0 Å². The lowest BCUT2D eigenvalue weighted by atomic mass is 10.1. The van der Waals surface area contributed by atoms with E-state index in [0.29, 0.717) is 25.1 Å². The molecule has 7 heteroatoms. The molecule has 0 unspecified atom stereocenters. The quantitative estimate of drug-likeness (QED) is 0.669. The molecule has 0 aliphatic heterocycles. The summed E-state index contributed by atoms with van der Waals surface area (Å²) in [6.07, 6.45) is 2.05. The number of nitrogens with one attached hydrogen (secondary N) is 1. The van der Waals surface area contributed by atoms with E-state index in [1.54, 1.807) is 35.6 Å². The van der Waals surface area contributed by atoms with Crippen LogP contribution < -0.4 is 5.32 Å². The molecule has 2 aromatic heterocycles. The molecule has 5 nitrogen and oxygen atoms in total. The Kier molecular flexibility index (Phi) is 5.58. The molecule has 0 saturated heterocycles. The average molecular weight is 389 g/mol. The maximum atomic E-state index is 12.0. The molecule has 0 fully saturated rings. The van der Waals surface area contributed by atoms with Gasteiger partial charge in [0.15, 0.2) is 9.84 Å². The topological polar surface area (TPSA) is 76.4 Å². The van der Waals surface area contributed by atoms with Gasteiger partial charge in [-0.1, -0.05) is 12.1 Å². The Bertz CT molecular complexity index is 971. The van der Waals surface area contributed by atoms with Crippen molar-refractivity contribution in [2.24, 2.45) is 0 Å². The van der Waals surface area contributed by atoms with Gasteiger partial charge in [0.1, 0.15) is 11.5 Å². The highest BCUT2D eigenvalue weighted by molar-refractivity contribution is 7.90. The average Bonchev–Trinajstić information content (AvgIpc) is 3.29. The van der Waals surface area contributed by atoms with Crippen molar-refractivity contribution in [2.45, 2.75) is 24.3 Å². The fourth-order valence-electron chi connectivity index (χ4n) is 2.47. The lowest BCUT2D eigenvalue weighted by Crippen LogP contribution is -2.22. The number of carbonyl (C=O) groups is 1. The maximum Gasteiger partial charge on any atom is 0.220 e. The number of hydrogen-bond donors (Lipinski definition) is 1. The minimum atomic E-state index is -3.19. The van der Waals surface area contributed by atoms with E-state index in [4.69, 9.17) is 4.42 Å². The molecule has 1 aromatic carbocycles. The first kappa shape index (κ1) is 18.4. The second-order valence-electron chi connectivity index (χ2n) is 5.97. The van der Waals surface area contributed by atoms with Gasteiger partial charge in [0, 0.05) is 23.6 Å². The van der Waals surface area contributed by atoms with E-state index in [-0.39, 0.29) is 10.8 Å². The van der Waals surface area contributed by atoms with Gasteiger partial charge < -0.3 is 9.73 Å². The number of carbonyl (C=O) groups excluding carboxylic acids is 1. The van der Waals surface area contributed by atoms with Crippen LogP contribution in [0.2, 0.25) is 0 Å². The standard InChI is InChI=1S/C19H19NO4S2/c1-26(22,23)17-6-2-14(3-7-17)4-9-19(21)20-12-16-5-8-18(24-16)15-10-11-25-13-15/h2-3,5-8,10-11,13H,4,9,12H2,1H3,(H,20,21). The highest BCUT2D eigenvalue weighted by Gasteiger charge is 2.09. The van der Waals surface area contributed by atoms with Crippen LogP contribution in [0, 0.1) is 0 Å². The number of furan rings is 1. The largest absolute Gasteiger partial charge is 0.459 e. The van der Waals surface area contributed by atoms with Crippen molar-refractivity contribution in [2.75, 3.05) is 6.26 Å². The van der Waals surface area contributed by atoms with Gasteiger partial charge in [-0.05, 0) is 47.7 Å². The van der Waals surface area contributed by atoms with Crippen LogP contribution in [0.5, 0.6) is 0 Å². The molecule has 2 heterocycles. The molecule has 0 aliphatic rings. The van der Waals surface area contributed by atoms with Crippen LogP contribution in [-0.2, 0) is 27.6 Å². The third kappa shape index (κ3) is 4.83. The van der Waals surface area contributed by atoms with Gasteiger partial charge >= 0.3 is 0 Å². The van der Waals surface area contributed by atoms with Gasteiger partial charge in [0.25, 0.3) is 0 Å². The Hall–Kier alpha value is -2.38. The SMILES string of the molecule is CS(=O)(=O)c1ccc(CCC(=O)NCc2ccc(-c3ccsc3)o2)cc1. The van der Waals surface area contributed by atoms with Gasteiger partial charge in [-0.2, -0.15) is 11.3 Å². The molecule has 136 valence electrons. The zero-order valence-corrected chi connectivity index (χ0v) is 15.9. The lowest BCUT2D eigenvalue weighted by molar-refractivity contribution is -0.121. The zero-order chi connectivity index (χ0) is 18.6. The van der Waals surface area contributed by atoms with Gasteiger partial charge in [-0.3, -0.25) is 4.79 Å². The van der Waals surface area contributed by atoms with Crippen LogP contribution in [0.15, 0.2) is 62.5 Å². The van der Waals surface area contributed by atoms with Gasteiger partial charge in [-0.25, -0.2) is 8.42 Å². The molecule has 1 amide bonds. The summed E-state index contributed by atoms with van der Waals surface area (Å²) in [5, 5.41) is 6.84. The molecule has 0 aliphatic carbocycles. The third-order valence-electron chi connectivity index (χ3n) is 3.92. The Morgan fingerprint density at radius 1 is 1.12 bits per heavy atom. The van der Waals surface area contributed by atoms with Crippen molar-refractivity contribution in [3.8, 4) is 11.3 Å². The molecule has 0 atom stereocenters. The Balaban J connectivity index is 1.47. The molecule has 3 aromatic rings. The van der Waals surface area contributed by atoms with Crippen molar-refractivity contribution < 1.29 is 17.6 Å². The van der Waals surface area contributed by atoms with Crippen LogP contribution in [0.4, 0.5) is 0 Å². The first-order valence-corrected chi connectivity index (χ1v) is 10.9. The van der Waals surface area contributed by atoms with Gasteiger partial charge in [0.05, 0.1) is 11.4 Å². The van der Waals surface area contributed by atoms with Crippen molar-refractivity contribution in [1.82, 2.24) is 5.32 Å². The number of benzene rings is 1. The van der Waals surface area contributed by atoms with E-state index in [1.807, 2.05) is 29.0 Å². The second kappa shape index (κ2) is 7.88. The normalized spacial score (nSPS) is 11.4. The molecule has 3 rings (SSSR count). The van der Waals surface area contributed by atoms with Crippen molar-refractivity contribution >= 4 is 27.1 Å². The molecule has 0 radical (unpaired) electrons. The molecular formula is C19H19NO4S2. The summed E-state index contributed by atoms with van der Waals surface area (Å²) in [4.78, 5) is 12.3. The fraction of sp³-hybridized carbons (Fsp3) is 0.211. The minimum Gasteiger partial charge on any atom is -0.459 e. The summed E-state index contributed by atoms with van der Waals surface area (Å²) < 4.78 is 28.6. The highest BCUT2D eigenvalue weighted by atomic mass is 32.2. The van der Waals surface area contributed by atoms with E-state index in [0.717, 1.165) is 16.9 Å². The van der Waals surface area contributed by atoms with E-state index < -0.39 is 9.84 Å². The third-order valence-corrected chi connectivity index (χ3v) is 5.73. The maximum absolute atomic E-state index is 12.0. The van der Waals surface area contributed by atoms with Crippen LogP contribution in [0.1, 0.15) is 17.7 Å². The Morgan fingerprint density at radius 2 is 1.88 bits per heavy atom. The molecule has 0 spiro atoms. The van der Waals surface area contributed by atoms with E-state index in [2.05, 4.69) is 5.32 Å². The van der Waals surface area contributed by atoms with Crippen LogP contribution in [-0.4, -0.2) is 20.6 Å². The minimum absolute atomic E-state index is 0.0781. The van der Waals surface area contributed by atoms with E-state index >= 15 is 0 Å². The number of sulfone groups is 1. The smallest absolute Gasteiger partial charge is 0.220 e. The molecule has 26 heavy (non-hydrogen) atoms. The summed E-state index contributed by atoms with van der Waals surface area (Å²) in [5.41, 5.74) is 1.95. The first-order valence-electron chi connectivity index (χ1n) is 8.09. The lowest BCUT2D eigenvalue weighted by Gasteiger charge is -2.05. The highest BCUT2D eigenvalue weighted by Crippen LogP contribution is 2.24.